The maximum absolute atomic E-state index is 13.1. The molecular formula is C15H18F2N2O4. The van der Waals surface area contributed by atoms with Gasteiger partial charge in [-0.2, -0.15) is 0 Å². The Balaban J connectivity index is 2.06. The summed E-state index contributed by atoms with van der Waals surface area (Å²) >= 11 is 0. The van der Waals surface area contributed by atoms with Crippen LogP contribution >= 0.6 is 0 Å². The molecule has 1 aliphatic heterocycles. The summed E-state index contributed by atoms with van der Waals surface area (Å²) in [5.74, 6) is -3.10. The first-order valence-electron chi connectivity index (χ1n) is 7.03. The zero-order valence-corrected chi connectivity index (χ0v) is 12.8. The molecule has 2 amide bonds. The minimum atomic E-state index is -1.38. The summed E-state index contributed by atoms with van der Waals surface area (Å²) in [7, 11) is 1.45. The number of likely N-dealkylation sites (tertiary alicyclic amines) is 1. The van der Waals surface area contributed by atoms with E-state index in [1.54, 1.807) is 0 Å². The van der Waals surface area contributed by atoms with Crippen molar-refractivity contribution in [3.63, 3.8) is 0 Å². The molecule has 6 nitrogen and oxygen atoms in total. The predicted molar refractivity (Wildman–Crippen MR) is 76.8 cm³/mol. The summed E-state index contributed by atoms with van der Waals surface area (Å²) in [5, 5.41) is 11.9. The van der Waals surface area contributed by atoms with Crippen molar-refractivity contribution < 1.29 is 28.2 Å². The standard InChI is InChI=1S/C15H18F2N2O4/c1-15(13(20)21)6-10(23-2)8-19(15)14(22)18-7-9-3-4-11(16)12(17)5-9/h3-5,10H,6-8H2,1-2H3,(H,18,22)(H,20,21). The fourth-order valence-electron chi connectivity index (χ4n) is 2.61. The monoisotopic (exact) mass is 328 g/mol. The van der Waals surface area contributed by atoms with Gasteiger partial charge in [-0.1, -0.05) is 6.07 Å². The molecule has 1 heterocycles. The normalized spacial score (nSPS) is 23.8. The van der Waals surface area contributed by atoms with Gasteiger partial charge in [0, 0.05) is 26.6 Å². The number of urea groups is 1. The molecule has 0 aliphatic carbocycles. The first-order valence-corrected chi connectivity index (χ1v) is 7.03. The number of carboxylic acids is 1. The molecular weight excluding hydrogens is 310 g/mol. The van der Waals surface area contributed by atoms with E-state index in [4.69, 9.17) is 4.74 Å². The van der Waals surface area contributed by atoms with E-state index in [2.05, 4.69) is 5.32 Å². The van der Waals surface area contributed by atoms with Crippen LogP contribution < -0.4 is 5.32 Å². The summed E-state index contributed by atoms with van der Waals surface area (Å²) < 4.78 is 31.2. The molecule has 1 aromatic rings. The molecule has 2 N–H and O–H groups in total. The molecule has 23 heavy (non-hydrogen) atoms. The SMILES string of the molecule is COC1CN(C(=O)NCc2ccc(F)c(F)c2)C(C)(C(=O)O)C1. The minimum Gasteiger partial charge on any atom is -0.480 e. The van der Waals surface area contributed by atoms with Gasteiger partial charge in [-0.15, -0.1) is 0 Å². The van der Waals surface area contributed by atoms with Crippen LogP contribution in [-0.2, 0) is 16.1 Å². The lowest BCUT2D eigenvalue weighted by atomic mass is 9.98. The Morgan fingerprint density at radius 3 is 2.70 bits per heavy atom. The molecule has 2 rings (SSSR count). The number of nitrogens with one attached hydrogen (secondary N) is 1. The van der Waals surface area contributed by atoms with Crippen LogP contribution in [0, 0.1) is 11.6 Å². The zero-order chi connectivity index (χ0) is 17.2. The smallest absolute Gasteiger partial charge is 0.329 e. The number of carbonyl (C=O) groups is 2. The van der Waals surface area contributed by atoms with Crippen molar-refractivity contribution in [2.75, 3.05) is 13.7 Å². The van der Waals surface area contributed by atoms with Crippen molar-refractivity contribution in [1.82, 2.24) is 10.2 Å². The van der Waals surface area contributed by atoms with Crippen molar-refractivity contribution in [1.29, 1.82) is 0 Å². The third-order valence-corrected chi connectivity index (χ3v) is 4.07. The average Bonchev–Trinajstić information content (AvgIpc) is 2.87. The van der Waals surface area contributed by atoms with E-state index in [1.807, 2.05) is 0 Å². The van der Waals surface area contributed by atoms with E-state index in [1.165, 1.54) is 25.0 Å². The molecule has 2 unspecified atom stereocenters. The van der Waals surface area contributed by atoms with Gasteiger partial charge in [-0.3, -0.25) is 0 Å². The van der Waals surface area contributed by atoms with Gasteiger partial charge >= 0.3 is 12.0 Å². The lowest BCUT2D eigenvalue weighted by Gasteiger charge is -2.30. The van der Waals surface area contributed by atoms with Crippen LogP contribution in [0.5, 0.6) is 0 Å². The average molecular weight is 328 g/mol. The van der Waals surface area contributed by atoms with Crippen molar-refractivity contribution >= 4 is 12.0 Å². The lowest BCUT2D eigenvalue weighted by molar-refractivity contribution is -0.147. The van der Waals surface area contributed by atoms with Gasteiger partial charge in [0.25, 0.3) is 0 Å². The first-order chi connectivity index (χ1) is 10.8. The van der Waals surface area contributed by atoms with Crippen molar-refractivity contribution in [3.8, 4) is 0 Å². The summed E-state index contributed by atoms with van der Waals surface area (Å²) in [6, 6.07) is 2.69. The van der Waals surface area contributed by atoms with E-state index < -0.39 is 29.2 Å². The van der Waals surface area contributed by atoms with Gasteiger partial charge < -0.3 is 20.1 Å². The fraction of sp³-hybridized carbons (Fsp3) is 0.467. The Labute approximate surface area is 132 Å². The number of nitrogens with zero attached hydrogens (tertiary/aromatic N) is 1. The van der Waals surface area contributed by atoms with Gasteiger partial charge in [0.1, 0.15) is 5.54 Å². The highest BCUT2D eigenvalue weighted by atomic mass is 19.2. The highest BCUT2D eigenvalue weighted by Gasteiger charge is 2.50. The molecule has 1 fully saturated rings. The van der Waals surface area contributed by atoms with Gasteiger partial charge in [0.05, 0.1) is 6.10 Å². The Bertz CT molecular complexity index is 625. The molecule has 8 heteroatoms. The van der Waals surface area contributed by atoms with E-state index in [0.29, 0.717) is 5.56 Å². The van der Waals surface area contributed by atoms with Crippen molar-refractivity contribution in [3.05, 3.63) is 35.4 Å². The topological polar surface area (TPSA) is 78.9 Å². The van der Waals surface area contributed by atoms with Crippen LogP contribution in [-0.4, -0.2) is 47.3 Å². The molecule has 0 radical (unpaired) electrons. The quantitative estimate of drug-likeness (QED) is 0.882. The predicted octanol–water partition coefficient (Wildman–Crippen LogP) is 1.74. The van der Waals surface area contributed by atoms with Crippen LogP contribution in [0.15, 0.2) is 18.2 Å². The second-order valence-electron chi connectivity index (χ2n) is 5.66. The van der Waals surface area contributed by atoms with Crippen LogP contribution in [0.4, 0.5) is 13.6 Å². The van der Waals surface area contributed by atoms with E-state index in [9.17, 15) is 23.5 Å². The van der Waals surface area contributed by atoms with Gasteiger partial charge in [-0.05, 0) is 24.6 Å². The number of methoxy groups -OCH3 is 1. The molecule has 1 saturated heterocycles. The number of rotatable bonds is 4. The van der Waals surface area contributed by atoms with Crippen LogP contribution in [0.3, 0.4) is 0 Å². The van der Waals surface area contributed by atoms with Crippen molar-refractivity contribution in [2.45, 2.75) is 31.5 Å². The molecule has 0 spiro atoms. The number of aliphatic carboxylic acids is 1. The lowest BCUT2D eigenvalue weighted by Crippen LogP contribution is -2.53. The van der Waals surface area contributed by atoms with E-state index >= 15 is 0 Å². The molecule has 2 atom stereocenters. The zero-order valence-electron chi connectivity index (χ0n) is 12.8. The molecule has 0 bridgehead atoms. The van der Waals surface area contributed by atoms with Gasteiger partial charge in [-0.25, -0.2) is 18.4 Å². The van der Waals surface area contributed by atoms with Gasteiger partial charge in [0.2, 0.25) is 0 Å². The number of hydrogen-bond acceptors (Lipinski definition) is 3. The summed E-state index contributed by atoms with van der Waals surface area (Å²) in [6.45, 7) is 1.55. The Hall–Kier alpha value is -2.22. The Morgan fingerprint density at radius 2 is 2.13 bits per heavy atom. The number of amides is 2. The number of halogens is 2. The summed E-state index contributed by atoms with van der Waals surface area (Å²) in [5.41, 5.74) is -1.00. The second kappa shape index (κ2) is 6.49. The van der Waals surface area contributed by atoms with E-state index in [0.717, 1.165) is 12.1 Å². The van der Waals surface area contributed by atoms with Crippen LogP contribution in [0.1, 0.15) is 18.9 Å². The summed E-state index contributed by atoms with van der Waals surface area (Å²) in [6.07, 6.45) is -0.192. The second-order valence-corrected chi connectivity index (χ2v) is 5.66. The third-order valence-electron chi connectivity index (χ3n) is 4.07. The Kier molecular flexibility index (Phi) is 4.84. The third kappa shape index (κ3) is 3.42. The molecule has 0 saturated carbocycles. The first kappa shape index (κ1) is 17.1. The highest BCUT2D eigenvalue weighted by molar-refractivity contribution is 5.86. The number of ether oxygens (including phenoxy) is 1. The number of hydrogen-bond donors (Lipinski definition) is 2. The van der Waals surface area contributed by atoms with E-state index in [-0.39, 0.29) is 25.6 Å². The maximum atomic E-state index is 13.1. The summed E-state index contributed by atoms with van der Waals surface area (Å²) in [4.78, 5) is 25.0. The molecule has 1 aliphatic rings. The fourth-order valence-corrected chi connectivity index (χ4v) is 2.61. The molecule has 126 valence electrons. The highest BCUT2D eigenvalue weighted by Crippen LogP contribution is 2.31. The molecule has 0 aromatic heterocycles. The van der Waals surface area contributed by atoms with Crippen molar-refractivity contribution in [2.24, 2.45) is 0 Å². The number of benzene rings is 1. The largest absolute Gasteiger partial charge is 0.480 e. The Morgan fingerprint density at radius 1 is 1.43 bits per heavy atom. The number of carboxylic acid groups (broad SMARTS) is 1. The maximum Gasteiger partial charge on any atom is 0.329 e. The van der Waals surface area contributed by atoms with Crippen LogP contribution in [0.25, 0.3) is 0 Å². The van der Waals surface area contributed by atoms with Gasteiger partial charge in [0.15, 0.2) is 11.6 Å². The minimum absolute atomic E-state index is 0.0418. The number of carbonyl (C=O) groups excluding carboxylic acids is 1. The molecule has 1 aromatic carbocycles. The van der Waals surface area contributed by atoms with Crippen LogP contribution in [0.2, 0.25) is 0 Å².